The number of aromatic nitrogens is 2. The Morgan fingerprint density at radius 3 is 2.41 bits per heavy atom. The molecule has 2 aromatic heterocycles. The number of carbonyl (C=O) groups is 1. The molecule has 2 aliphatic rings. The summed E-state index contributed by atoms with van der Waals surface area (Å²) in [4.78, 5) is 31.1. The zero-order chi connectivity index (χ0) is 20.4. The number of carbonyl (C=O) groups excluding carboxylic acids is 1. The Morgan fingerprint density at radius 1 is 1.07 bits per heavy atom. The molecule has 2 aromatic rings. The topological polar surface area (TPSA) is 64.6 Å². The van der Waals surface area contributed by atoms with E-state index in [-0.39, 0.29) is 11.9 Å². The molecule has 2 fully saturated rings. The fraction of sp³-hybridized carbons (Fsp3) is 0.667. The minimum Gasteiger partial charge on any atom is -0.358 e. The van der Waals surface area contributed by atoms with Crippen molar-refractivity contribution in [1.29, 1.82) is 0 Å². The summed E-state index contributed by atoms with van der Waals surface area (Å²) < 4.78 is 0. The van der Waals surface area contributed by atoms with Gasteiger partial charge in [-0.3, -0.25) is 9.69 Å². The van der Waals surface area contributed by atoms with Gasteiger partial charge in [-0.15, -0.1) is 11.3 Å². The zero-order valence-electron chi connectivity index (χ0n) is 17.8. The predicted molar refractivity (Wildman–Crippen MR) is 119 cm³/mol. The molecule has 0 spiro atoms. The maximum atomic E-state index is 13.0. The molecule has 2 saturated heterocycles. The number of likely N-dealkylation sites (tertiary alicyclic amines) is 1. The highest BCUT2D eigenvalue weighted by Gasteiger charge is 2.26. The lowest BCUT2D eigenvalue weighted by Gasteiger charge is -2.36. The molecule has 29 heavy (non-hydrogen) atoms. The molecule has 1 atom stereocenters. The van der Waals surface area contributed by atoms with Crippen LogP contribution in [-0.2, 0) is 4.79 Å². The van der Waals surface area contributed by atoms with E-state index in [1.807, 2.05) is 11.8 Å². The number of amides is 1. The van der Waals surface area contributed by atoms with Crippen LogP contribution in [0.2, 0.25) is 0 Å². The average Bonchev–Trinajstić information content (AvgIpc) is 3.35. The third kappa shape index (κ3) is 4.54. The standard InChI is InChI=1S/C21H32N6OS/c1-15-17(3)29-20-18(15)19(22-14-23-20)24-16(2)21(28)27-12-10-26(11-13-27)9-8-25-6-4-5-7-25/h14,16H,4-13H2,1-3H3,(H,22,23,24)/t16-/m1/s1. The Kier molecular flexibility index (Phi) is 6.32. The number of thiophene rings is 1. The monoisotopic (exact) mass is 416 g/mol. The highest BCUT2D eigenvalue weighted by molar-refractivity contribution is 7.18. The lowest BCUT2D eigenvalue weighted by molar-refractivity contribution is -0.133. The van der Waals surface area contributed by atoms with Gasteiger partial charge in [0.2, 0.25) is 5.91 Å². The number of nitrogens with one attached hydrogen (secondary N) is 1. The molecule has 4 rings (SSSR count). The zero-order valence-corrected chi connectivity index (χ0v) is 18.6. The van der Waals surface area contributed by atoms with Crippen LogP contribution in [0.4, 0.5) is 5.82 Å². The first-order valence-electron chi connectivity index (χ1n) is 10.7. The van der Waals surface area contributed by atoms with Crippen molar-refractivity contribution in [3.8, 4) is 0 Å². The minimum absolute atomic E-state index is 0.153. The molecule has 0 aliphatic carbocycles. The third-order valence-electron chi connectivity index (χ3n) is 6.30. The second-order valence-electron chi connectivity index (χ2n) is 8.27. The fourth-order valence-electron chi connectivity index (χ4n) is 4.31. The molecule has 158 valence electrons. The van der Waals surface area contributed by atoms with Crippen molar-refractivity contribution in [2.24, 2.45) is 0 Å². The molecular formula is C21H32N6OS. The maximum Gasteiger partial charge on any atom is 0.244 e. The van der Waals surface area contributed by atoms with Gasteiger partial charge in [-0.25, -0.2) is 9.97 Å². The first kappa shape index (κ1) is 20.5. The van der Waals surface area contributed by atoms with Crippen LogP contribution in [0.3, 0.4) is 0 Å². The second kappa shape index (κ2) is 8.93. The molecule has 0 unspecified atom stereocenters. The number of rotatable bonds is 6. The summed E-state index contributed by atoms with van der Waals surface area (Å²) in [5.74, 6) is 0.919. The van der Waals surface area contributed by atoms with Crippen molar-refractivity contribution < 1.29 is 4.79 Å². The molecule has 0 radical (unpaired) electrons. The van der Waals surface area contributed by atoms with Crippen LogP contribution in [-0.4, -0.2) is 89.0 Å². The summed E-state index contributed by atoms with van der Waals surface area (Å²) in [6, 6.07) is -0.302. The largest absolute Gasteiger partial charge is 0.358 e. The van der Waals surface area contributed by atoms with Crippen molar-refractivity contribution in [3.63, 3.8) is 0 Å². The summed E-state index contributed by atoms with van der Waals surface area (Å²) in [5, 5.41) is 4.40. The van der Waals surface area contributed by atoms with Gasteiger partial charge in [0, 0.05) is 44.1 Å². The summed E-state index contributed by atoms with van der Waals surface area (Å²) in [7, 11) is 0. The first-order valence-corrected chi connectivity index (χ1v) is 11.6. The Balaban J connectivity index is 1.31. The number of hydrogen-bond acceptors (Lipinski definition) is 7. The quantitative estimate of drug-likeness (QED) is 0.780. The molecule has 4 heterocycles. The average molecular weight is 417 g/mol. The van der Waals surface area contributed by atoms with Crippen LogP contribution >= 0.6 is 11.3 Å². The molecule has 2 aliphatic heterocycles. The number of nitrogens with zero attached hydrogens (tertiary/aromatic N) is 5. The number of fused-ring (bicyclic) bond motifs is 1. The molecule has 1 N–H and O–H groups in total. The van der Waals surface area contributed by atoms with E-state index in [9.17, 15) is 4.79 Å². The van der Waals surface area contributed by atoms with E-state index >= 15 is 0 Å². The smallest absolute Gasteiger partial charge is 0.244 e. The van der Waals surface area contributed by atoms with Gasteiger partial charge in [0.15, 0.2) is 0 Å². The summed E-state index contributed by atoms with van der Waals surface area (Å²) in [6.07, 6.45) is 4.27. The lowest BCUT2D eigenvalue weighted by Crippen LogP contribution is -2.53. The van der Waals surface area contributed by atoms with Crippen molar-refractivity contribution in [2.75, 3.05) is 57.7 Å². The maximum absolute atomic E-state index is 13.0. The van der Waals surface area contributed by atoms with E-state index in [2.05, 4.69) is 38.9 Å². The number of hydrogen-bond donors (Lipinski definition) is 1. The number of aryl methyl sites for hydroxylation is 2. The van der Waals surface area contributed by atoms with Crippen LogP contribution in [0.1, 0.15) is 30.2 Å². The van der Waals surface area contributed by atoms with E-state index in [1.165, 1.54) is 36.4 Å². The van der Waals surface area contributed by atoms with E-state index in [0.717, 1.165) is 55.3 Å². The van der Waals surface area contributed by atoms with Crippen LogP contribution in [0.5, 0.6) is 0 Å². The SMILES string of the molecule is Cc1sc2ncnc(N[C@H](C)C(=O)N3CCN(CCN4CCCC4)CC3)c2c1C. The normalized spacial score (nSPS) is 19.8. The first-order chi connectivity index (χ1) is 14.0. The van der Waals surface area contributed by atoms with Gasteiger partial charge in [0.1, 0.15) is 23.0 Å². The molecule has 0 saturated carbocycles. The van der Waals surface area contributed by atoms with E-state index < -0.39 is 0 Å². The van der Waals surface area contributed by atoms with Crippen molar-refractivity contribution in [2.45, 2.75) is 39.7 Å². The van der Waals surface area contributed by atoms with Gasteiger partial charge >= 0.3 is 0 Å². The highest BCUT2D eigenvalue weighted by atomic mass is 32.1. The molecule has 8 heteroatoms. The van der Waals surface area contributed by atoms with Gasteiger partial charge in [-0.2, -0.15) is 0 Å². The van der Waals surface area contributed by atoms with Gasteiger partial charge in [-0.05, 0) is 52.3 Å². The molecule has 0 bridgehead atoms. The van der Waals surface area contributed by atoms with E-state index in [1.54, 1.807) is 17.7 Å². The van der Waals surface area contributed by atoms with Crippen molar-refractivity contribution in [3.05, 3.63) is 16.8 Å². The van der Waals surface area contributed by atoms with E-state index in [0.29, 0.717) is 0 Å². The van der Waals surface area contributed by atoms with Crippen LogP contribution < -0.4 is 5.32 Å². The number of piperazine rings is 1. The van der Waals surface area contributed by atoms with Crippen molar-refractivity contribution in [1.82, 2.24) is 24.7 Å². The predicted octanol–water partition coefficient (Wildman–Crippen LogP) is 2.35. The Labute approximate surface area is 177 Å². The third-order valence-corrected chi connectivity index (χ3v) is 7.42. The summed E-state index contributed by atoms with van der Waals surface area (Å²) >= 11 is 1.67. The van der Waals surface area contributed by atoms with Crippen LogP contribution in [0.25, 0.3) is 10.2 Å². The van der Waals surface area contributed by atoms with E-state index in [4.69, 9.17) is 0 Å². The van der Waals surface area contributed by atoms with Gasteiger partial charge < -0.3 is 15.1 Å². The Bertz CT molecular complexity index is 854. The van der Waals surface area contributed by atoms with Gasteiger partial charge in [0.05, 0.1) is 5.39 Å². The Morgan fingerprint density at radius 2 is 1.72 bits per heavy atom. The summed E-state index contributed by atoms with van der Waals surface area (Å²) in [5.41, 5.74) is 1.19. The van der Waals surface area contributed by atoms with Gasteiger partial charge in [-0.1, -0.05) is 0 Å². The fourth-order valence-corrected chi connectivity index (χ4v) is 5.31. The molecule has 1 amide bonds. The summed E-state index contributed by atoms with van der Waals surface area (Å²) in [6.45, 7) is 14.5. The minimum atomic E-state index is -0.302. The highest BCUT2D eigenvalue weighted by Crippen LogP contribution is 2.32. The van der Waals surface area contributed by atoms with Crippen molar-refractivity contribution >= 4 is 33.3 Å². The van der Waals surface area contributed by atoms with Crippen LogP contribution in [0.15, 0.2) is 6.33 Å². The Hall–Kier alpha value is -1.77. The molecule has 0 aromatic carbocycles. The molecule has 7 nitrogen and oxygen atoms in total. The second-order valence-corrected chi connectivity index (χ2v) is 9.47. The van der Waals surface area contributed by atoms with Gasteiger partial charge in [0.25, 0.3) is 0 Å². The lowest BCUT2D eigenvalue weighted by atomic mass is 10.2. The molecular weight excluding hydrogens is 384 g/mol. The van der Waals surface area contributed by atoms with Crippen LogP contribution in [0, 0.1) is 13.8 Å². The number of anilines is 1.